The maximum absolute atomic E-state index is 12.4. The lowest BCUT2D eigenvalue weighted by molar-refractivity contribution is -0.130. The van der Waals surface area contributed by atoms with Crippen LogP contribution in [0.25, 0.3) is 0 Å². The number of hydrogen-bond donors (Lipinski definition) is 2. The molecule has 0 saturated carbocycles. The molecule has 7 heteroatoms. The van der Waals surface area contributed by atoms with Gasteiger partial charge in [-0.3, -0.25) is 14.9 Å². The highest BCUT2D eigenvalue weighted by Gasteiger charge is 2.52. The average molecular weight is 308 g/mol. The van der Waals surface area contributed by atoms with Gasteiger partial charge < -0.3 is 10.2 Å². The Bertz CT molecular complexity index is 607. The van der Waals surface area contributed by atoms with Crippen LogP contribution in [0.2, 0.25) is 0 Å². The van der Waals surface area contributed by atoms with Crippen LogP contribution >= 0.6 is 11.6 Å². The Balaban J connectivity index is 1.73. The molecule has 3 rings (SSSR count). The van der Waals surface area contributed by atoms with E-state index < -0.39 is 16.9 Å². The Morgan fingerprint density at radius 2 is 2.00 bits per heavy atom. The molecule has 2 atom stereocenters. The molecule has 0 bridgehead atoms. The normalized spacial score (nSPS) is 25.9. The molecule has 2 unspecified atom stereocenters. The molecule has 0 aromatic heterocycles. The van der Waals surface area contributed by atoms with Crippen molar-refractivity contribution in [3.63, 3.8) is 0 Å². The van der Waals surface area contributed by atoms with Crippen molar-refractivity contribution >= 4 is 29.4 Å². The molecule has 2 N–H and O–H groups in total. The molecular weight excluding hydrogens is 294 g/mol. The predicted octanol–water partition coefficient (Wildman–Crippen LogP) is 0.777. The van der Waals surface area contributed by atoms with Crippen molar-refractivity contribution in [2.24, 2.45) is 0 Å². The lowest BCUT2D eigenvalue weighted by Gasteiger charge is -2.23. The number of rotatable bonds is 2. The van der Waals surface area contributed by atoms with E-state index in [1.54, 1.807) is 12.1 Å². The third-order valence-corrected chi connectivity index (χ3v) is 4.34. The number of likely N-dealkylation sites (tertiary alicyclic amines) is 1. The predicted molar refractivity (Wildman–Crippen MR) is 75.6 cm³/mol. The summed E-state index contributed by atoms with van der Waals surface area (Å²) >= 11 is 6.22. The van der Waals surface area contributed by atoms with Crippen molar-refractivity contribution in [1.29, 1.82) is 0 Å². The first-order chi connectivity index (χ1) is 10.0. The van der Waals surface area contributed by atoms with E-state index in [0.717, 1.165) is 0 Å². The Hall–Kier alpha value is -2.08. The molecule has 4 amide bonds. The van der Waals surface area contributed by atoms with Gasteiger partial charge in [0.15, 0.2) is 0 Å². The van der Waals surface area contributed by atoms with Crippen LogP contribution in [0, 0.1) is 0 Å². The van der Waals surface area contributed by atoms with Crippen LogP contribution in [0.1, 0.15) is 17.4 Å². The molecule has 0 radical (unpaired) electrons. The number of alkyl halides is 1. The molecule has 2 aliphatic rings. The molecule has 2 saturated heterocycles. The quantitative estimate of drug-likeness (QED) is 0.626. The first kappa shape index (κ1) is 13.9. The Kier molecular flexibility index (Phi) is 3.33. The van der Waals surface area contributed by atoms with Gasteiger partial charge >= 0.3 is 6.03 Å². The number of amides is 4. The van der Waals surface area contributed by atoms with E-state index in [1.807, 2.05) is 18.2 Å². The number of hydrogen-bond acceptors (Lipinski definition) is 3. The van der Waals surface area contributed by atoms with Gasteiger partial charge in [0, 0.05) is 6.54 Å². The average Bonchev–Trinajstić information content (AvgIpc) is 3.03. The summed E-state index contributed by atoms with van der Waals surface area (Å²) in [6.07, 6.45) is 0.398. The number of carbonyl (C=O) groups excluding carboxylic acids is 3. The summed E-state index contributed by atoms with van der Waals surface area (Å²) in [6, 6.07) is 8.53. The topological polar surface area (TPSA) is 78.5 Å². The smallest absolute Gasteiger partial charge is 0.322 e. The molecule has 21 heavy (non-hydrogen) atoms. The lowest BCUT2D eigenvalue weighted by Crippen LogP contribution is -2.49. The third-order valence-electron chi connectivity index (χ3n) is 3.90. The molecule has 1 spiro atoms. The second-order valence-electron chi connectivity index (χ2n) is 5.27. The van der Waals surface area contributed by atoms with E-state index in [4.69, 9.17) is 11.6 Å². The molecule has 1 aromatic carbocycles. The maximum Gasteiger partial charge on any atom is 0.322 e. The number of imide groups is 1. The number of nitrogens with one attached hydrogen (secondary N) is 2. The number of nitrogens with zero attached hydrogens (tertiary/aromatic N) is 1. The van der Waals surface area contributed by atoms with Crippen molar-refractivity contribution in [1.82, 2.24) is 15.5 Å². The van der Waals surface area contributed by atoms with Gasteiger partial charge in [-0.25, -0.2) is 4.79 Å². The lowest BCUT2D eigenvalue weighted by atomic mass is 9.99. The number of urea groups is 1. The van der Waals surface area contributed by atoms with Crippen LogP contribution < -0.4 is 10.6 Å². The summed E-state index contributed by atoms with van der Waals surface area (Å²) in [5, 5.41) is 4.03. The minimum atomic E-state index is -1.000. The summed E-state index contributed by atoms with van der Waals surface area (Å²) in [5.74, 6) is -0.637. The van der Waals surface area contributed by atoms with Gasteiger partial charge in [-0.15, -0.1) is 11.6 Å². The van der Waals surface area contributed by atoms with Gasteiger partial charge in [-0.2, -0.15) is 0 Å². The standard InChI is InChI=1S/C14H14ClN3O3/c15-10(9-4-2-1-3-5-9)11(19)18-7-6-14(8-18)12(20)16-13(21)17-14/h1-5,10H,6-8H2,(H2,16,17,20,21). The number of halogens is 1. The maximum atomic E-state index is 12.4. The highest BCUT2D eigenvalue weighted by molar-refractivity contribution is 6.30. The van der Waals surface area contributed by atoms with Crippen LogP contribution in [0.15, 0.2) is 30.3 Å². The van der Waals surface area contributed by atoms with Gasteiger partial charge in [0.2, 0.25) is 5.91 Å². The third kappa shape index (κ3) is 2.35. The fraction of sp³-hybridized carbons (Fsp3) is 0.357. The van der Waals surface area contributed by atoms with Gasteiger partial charge in [0.05, 0.1) is 6.54 Å². The van der Waals surface area contributed by atoms with E-state index in [2.05, 4.69) is 10.6 Å². The van der Waals surface area contributed by atoms with Crippen molar-refractivity contribution < 1.29 is 14.4 Å². The first-order valence-electron chi connectivity index (χ1n) is 6.63. The fourth-order valence-corrected chi connectivity index (χ4v) is 3.02. The molecule has 2 fully saturated rings. The monoisotopic (exact) mass is 307 g/mol. The van der Waals surface area contributed by atoms with Gasteiger partial charge in [0.25, 0.3) is 5.91 Å². The number of carbonyl (C=O) groups is 3. The van der Waals surface area contributed by atoms with Gasteiger partial charge in [-0.05, 0) is 12.0 Å². The van der Waals surface area contributed by atoms with Crippen molar-refractivity contribution in [2.45, 2.75) is 17.3 Å². The SMILES string of the molecule is O=C1NC(=O)C2(CCN(C(=O)C(Cl)c3ccccc3)C2)N1. The minimum Gasteiger partial charge on any atom is -0.338 e. The fourth-order valence-electron chi connectivity index (χ4n) is 2.74. The zero-order chi connectivity index (χ0) is 15.0. The highest BCUT2D eigenvalue weighted by atomic mass is 35.5. The second kappa shape index (κ2) is 5.04. The van der Waals surface area contributed by atoms with Crippen LogP contribution in [-0.2, 0) is 9.59 Å². The summed E-state index contributed by atoms with van der Waals surface area (Å²) in [7, 11) is 0. The summed E-state index contributed by atoms with van der Waals surface area (Å²) in [4.78, 5) is 37.1. The van der Waals surface area contributed by atoms with E-state index in [0.29, 0.717) is 18.5 Å². The largest absolute Gasteiger partial charge is 0.338 e. The summed E-state index contributed by atoms with van der Waals surface area (Å²) in [6.45, 7) is 0.544. The number of benzene rings is 1. The first-order valence-corrected chi connectivity index (χ1v) is 7.07. The Labute approximate surface area is 126 Å². The Morgan fingerprint density at radius 1 is 1.29 bits per heavy atom. The van der Waals surface area contributed by atoms with Crippen LogP contribution in [-0.4, -0.2) is 41.4 Å². The van der Waals surface area contributed by atoms with Crippen LogP contribution in [0.3, 0.4) is 0 Å². The molecule has 0 aliphatic carbocycles. The van der Waals surface area contributed by atoms with Crippen molar-refractivity contribution in [3.05, 3.63) is 35.9 Å². The molecular formula is C14H14ClN3O3. The molecule has 110 valence electrons. The van der Waals surface area contributed by atoms with E-state index in [-0.39, 0.29) is 18.4 Å². The summed E-state index contributed by atoms with van der Waals surface area (Å²) in [5.41, 5.74) is -0.287. The second-order valence-corrected chi connectivity index (χ2v) is 5.71. The zero-order valence-corrected chi connectivity index (χ0v) is 11.9. The highest BCUT2D eigenvalue weighted by Crippen LogP contribution is 2.29. The van der Waals surface area contributed by atoms with Gasteiger partial charge in [-0.1, -0.05) is 30.3 Å². The summed E-state index contributed by atoms with van der Waals surface area (Å²) < 4.78 is 0. The molecule has 2 heterocycles. The van der Waals surface area contributed by atoms with E-state index >= 15 is 0 Å². The Morgan fingerprint density at radius 3 is 2.62 bits per heavy atom. The zero-order valence-electron chi connectivity index (χ0n) is 11.1. The molecule has 1 aromatic rings. The van der Waals surface area contributed by atoms with Crippen LogP contribution in [0.4, 0.5) is 4.79 Å². The minimum absolute atomic E-state index is 0.152. The molecule has 6 nitrogen and oxygen atoms in total. The van der Waals surface area contributed by atoms with E-state index in [9.17, 15) is 14.4 Å². The van der Waals surface area contributed by atoms with Crippen molar-refractivity contribution in [2.75, 3.05) is 13.1 Å². The van der Waals surface area contributed by atoms with Crippen LogP contribution in [0.5, 0.6) is 0 Å². The van der Waals surface area contributed by atoms with Gasteiger partial charge in [0.1, 0.15) is 10.9 Å². The van der Waals surface area contributed by atoms with E-state index in [1.165, 1.54) is 4.90 Å². The van der Waals surface area contributed by atoms with Crippen molar-refractivity contribution in [3.8, 4) is 0 Å². The molecule has 2 aliphatic heterocycles.